The largest absolute Gasteiger partial charge is 0.487 e. The lowest BCUT2D eigenvalue weighted by Gasteiger charge is -2.37. The number of halogens is 1. The maximum Gasteiger partial charge on any atom is 0.346 e. The van der Waals surface area contributed by atoms with Gasteiger partial charge in [0.1, 0.15) is 17.9 Å². The van der Waals surface area contributed by atoms with Crippen molar-refractivity contribution in [1.29, 1.82) is 0 Å². The summed E-state index contributed by atoms with van der Waals surface area (Å²) in [6, 6.07) is 0.968. The van der Waals surface area contributed by atoms with Crippen molar-refractivity contribution < 1.29 is 28.2 Å². The van der Waals surface area contributed by atoms with Crippen LogP contribution in [0.5, 0.6) is 5.75 Å². The van der Waals surface area contributed by atoms with E-state index in [1.807, 2.05) is 18.9 Å². The van der Waals surface area contributed by atoms with Gasteiger partial charge < -0.3 is 28.6 Å². The van der Waals surface area contributed by atoms with Crippen molar-refractivity contribution in [1.82, 2.24) is 9.47 Å². The Bertz CT molecular complexity index is 1190. The number of esters is 2. The molecule has 184 valence electrons. The van der Waals surface area contributed by atoms with E-state index in [2.05, 4.69) is 4.90 Å². The molecule has 0 saturated carbocycles. The van der Waals surface area contributed by atoms with Crippen molar-refractivity contribution in [3.05, 3.63) is 33.9 Å². The first kappa shape index (κ1) is 24.0. The highest BCUT2D eigenvalue weighted by Crippen LogP contribution is 2.42. The lowest BCUT2D eigenvalue weighted by molar-refractivity contribution is -0.161. The molecular weight excluding hydrogens is 445 g/mol. The number of nitrogens with zero attached hydrogens (tertiary/aromatic N) is 3. The van der Waals surface area contributed by atoms with Crippen LogP contribution in [0, 0.1) is 11.2 Å². The minimum atomic E-state index is -0.943. The normalized spacial score (nSPS) is 18.5. The molecule has 34 heavy (non-hydrogen) atoms. The summed E-state index contributed by atoms with van der Waals surface area (Å²) in [5.74, 6) is -1.75. The van der Waals surface area contributed by atoms with Crippen LogP contribution < -0.4 is 15.1 Å². The third-order valence-corrected chi connectivity index (χ3v) is 6.17. The Balaban J connectivity index is 1.72. The molecule has 3 heterocycles. The average Bonchev–Trinajstić information content (AvgIpc) is 2.77. The fourth-order valence-corrected chi connectivity index (χ4v) is 4.11. The van der Waals surface area contributed by atoms with E-state index in [9.17, 15) is 14.4 Å². The summed E-state index contributed by atoms with van der Waals surface area (Å²) < 4.78 is 33.1. The molecule has 1 aromatic carbocycles. The maximum absolute atomic E-state index is 15.4. The quantitative estimate of drug-likeness (QED) is 0.492. The summed E-state index contributed by atoms with van der Waals surface area (Å²) in [7, 11) is 2.01. The zero-order valence-electron chi connectivity index (χ0n) is 20.1. The number of hydrogen-bond donors (Lipinski definition) is 0. The number of carbonyl (C=O) groups is 2. The lowest BCUT2D eigenvalue weighted by Crippen LogP contribution is -2.45. The van der Waals surface area contributed by atoms with E-state index in [4.69, 9.17) is 14.2 Å². The molecule has 2 aliphatic rings. The summed E-state index contributed by atoms with van der Waals surface area (Å²) in [6.45, 7) is 9.36. The summed E-state index contributed by atoms with van der Waals surface area (Å²) in [6.07, 6.45) is 1.42. The summed E-state index contributed by atoms with van der Waals surface area (Å²) in [5, 5.41) is 0.0399. The molecule has 1 fully saturated rings. The van der Waals surface area contributed by atoms with Crippen molar-refractivity contribution in [2.45, 2.75) is 33.7 Å². The second-order valence-corrected chi connectivity index (χ2v) is 9.89. The smallest absolute Gasteiger partial charge is 0.346 e. The van der Waals surface area contributed by atoms with E-state index in [0.717, 1.165) is 13.1 Å². The molecule has 0 N–H and O–H groups in total. The molecule has 0 aliphatic carbocycles. The molecule has 2 aliphatic heterocycles. The summed E-state index contributed by atoms with van der Waals surface area (Å²) in [4.78, 5) is 41.9. The molecule has 0 bridgehead atoms. The third-order valence-electron chi connectivity index (χ3n) is 6.17. The molecule has 4 rings (SSSR count). The molecule has 1 saturated heterocycles. The molecule has 1 aromatic heterocycles. The Morgan fingerprint density at radius 1 is 1.18 bits per heavy atom. The summed E-state index contributed by atoms with van der Waals surface area (Å²) in [5.41, 5.74) is -0.893. The molecule has 9 nitrogen and oxygen atoms in total. The number of carbonyl (C=O) groups excluding carboxylic acids is 2. The highest BCUT2D eigenvalue weighted by Gasteiger charge is 2.31. The number of aromatic nitrogens is 1. The van der Waals surface area contributed by atoms with E-state index < -0.39 is 35.4 Å². The number of ether oxygens (including phenoxy) is 3. The lowest BCUT2D eigenvalue weighted by atomic mass is 9.98. The number of rotatable bonds is 4. The van der Waals surface area contributed by atoms with Gasteiger partial charge in [-0.1, -0.05) is 0 Å². The minimum Gasteiger partial charge on any atom is -0.487 e. The predicted octanol–water partition coefficient (Wildman–Crippen LogP) is 2.55. The van der Waals surface area contributed by atoms with E-state index in [0.29, 0.717) is 30.0 Å². The van der Waals surface area contributed by atoms with Gasteiger partial charge in [0.15, 0.2) is 11.6 Å². The molecule has 0 unspecified atom stereocenters. The first-order valence-electron chi connectivity index (χ1n) is 11.3. The van der Waals surface area contributed by atoms with Crippen molar-refractivity contribution in [3.8, 4) is 5.75 Å². The second-order valence-electron chi connectivity index (χ2n) is 9.89. The van der Waals surface area contributed by atoms with Gasteiger partial charge in [-0.25, -0.2) is 9.18 Å². The second kappa shape index (κ2) is 8.90. The van der Waals surface area contributed by atoms with Crippen LogP contribution in [0.3, 0.4) is 0 Å². The highest BCUT2D eigenvalue weighted by molar-refractivity contribution is 5.98. The first-order valence-corrected chi connectivity index (χ1v) is 11.3. The van der Waals surface area contributed by atoms with Gasteiger partial charge in [-0.2, -0.15) is 0 Å². The Morgan fingerprint density at radius 2 is 1.85 bits per heavy atom. The van der Waals surface area contributed by atoms with Gasteiger partial charge in [-0.3, -0.25) is 9.59 Å². The van der Waals surface area contributed by atoms with Gasteiger partial charge in [0.25, 0.3) is 0 Å². The number of anilines is 1. The fraction of sp³-hybridized carbons (Fsp3) is 0.542. The number of likely N-dealkylation sites (N-methyl/N-ethyl adjacent to an activating group) is 1. The van der Waals surface area contributed by atoms with Gasteiger partial charge in [-0.15, -0.1) is 0 Å². The van der Waals surface area contributed by atoms with Crippen molar-refractivity contribution in [2.75, 3.05) is 51.5 Å². The monoisotopic (exact) mass is 475 g/mol. The van der Waals surface area contributed by atoms with Crippen LogP contribution in [0.2, 0.25) is 0 Å². The van der Waals surface area contributed by atoms with Gasteiger partial charge in [-0.05, 0) is 40.8 Å². The van der Waals surface area contributed by atoms with E-state index in [1.54, 1.807) is 25.3 Å². The molecule has 0 spiro atoms. The Kier molecular flexibility index (Phi) is 6.28. The van der Waals surface area contributed by atoms with E-state index >= 15 is 4.39 Å². The van der Waals surface area contributed by atoms with Crippen LogP contribution in [-0.4, -0.2) is 68.0 Å². The van der Waals surface area contributed by atoms with Crippen LogP contribution in [0.25, 0.3) is 10.9 Å². The van der Waals surface area contributed by atoms with Crippen LogP contribution in [-0.2, 0) is 14.3 Å². The van der Waals surface area contributed by atoms with Crippen LogP contribution in [0.4, 0.5) is 10.1 Å². The molecule has 0 radical (unpaired) electrons. The zero-order chi connectivity index (χ0) is 24.8. The van der Waals surface area contributed by atoms with Gasteiger partial charge in [0.05, 0.1) is 22.4 Å². The van der Waals surface area contributed by atoms with Crippen LogP contribution in [0.15, 0.2) is 17.1 Å². The molecule has 1 atom stereocenters. The zero-order valence-corrected chi connectivity index (χ0v) is 20.1. The molecule has 0 amide bonds. The molecule has 10 heteroatoms. The average molecular weight is 476 g/mol. The summed E-state index contributed by atoms with van der Waals surface area (Å²) >= 11 is 0. The standard InChI is InChI=1S/C24H30FN3O6/c1-14-12-32-21-18-15(10-17(25)19(21)27-8-6-26(5)7-9-27)20(29)16(11-28(14)18)22(30)33-13-34-23(31)24(2,3)4/h10-11,14H,6-9,12-13H2,1-5H3/t14-/m1/s1. The first-order chi connectivity index (χ1) is 16.0. The molecule has 2 aromatic rings. The van der Waals surface area contributed by atoms with Crippen LogP contribution >= 0.6 is 0 Å². The maximum atomic E-state index is 15.4. The van der Waals surface area contributed by atoms with E-state index in [1.165, 1.54) is 12.3 Å². The van der Waals surface area contributed by atoms with Gasteiger partial charge in [0.2, 0.25) is 12.2 Å². The van der Waals surface area contributed by atoms with Crippen molar-refractivity contribution >= 4 is 28.5 Å². The predicted molar refractivity (Wildman–Crippen MR) is 124 cm³/mol. The van der Waals surface area contributed by atoms with Gasteiger partial charge in [0, 0.05) is 32.4 Å². The third kappa shape index (κ3) is 4.34. The Labute approximate surface area is 197 Å². The van der Waals surface area contributed by atoms with Gasteiger partial charge >= 0.3 is 11.9 Å². The van der Waals surface area contributed by atoms with Crippen molar-refractivity contribution in [3.63, 3.8) is 0 Å². The number of hydrogen-bond acceptors (Lipinski definition) is 8. The van der Waals surface area contributed by atoms with E-state index in [-0.39, 0.29) is 23.6 Å². The minimum absolute atomic E-state index is 0.0399. The van der Waals surface area contributed by atoms with Crippen LogP contribution in [0.1, 0.15) is 44.1 Å². The Hall–Kier alpha value is -3.14. The number of benzene rings is 1. The Morgan fingerprint density at radius 3 is 2.50 bits per heavy atom. The van der Waals surface area contributed by atoms with Crippen molar-refractivity contribution in [2.24, 2.45) is 5.41 Å². The topological polar surface area (TPSA) is 90.3 Å². The SMILES string of the molecule is C[C@@H]1COc2c(N3CCN(C)CC3)c(F)cc3c(=O)c(C(=O)OCOC(=O)C(C)(C)C)cn1c23. The highest BCUT2D eigenvalue weighted by atomic mass is 19.1. The molecular formula is C24H30FN3O6. The number of piperazine rings is 1. The fourth-order valence-electron chi connectivity index (χ4n) is 4.11. The number of pyridine rings is 1.